The Labute approximate surface area is 327 Å². The summed E-state index contributed by atoms with van der Waals surface area (Å²) in [5.41, 5.74) is 2.18. The summed E-state index contributed by atoms with van der Waals surface area (Å²) in [4.78, 5) is 76.0. The van der Waals surface area contributed by atoms with E-state index in [1.54, 1.807) is 29.7 Å². The van der Waals surface area contributed by atoms with E-state index in [0.29, 0.717) is 37.6 Å². The van der Waals surface area contributed by atoms with Gasteiger partial charge in [-0.25, -0.2) is 4.68 Å². The Hall–Kier alpha value is -5.35. The van der Waals surface area contributed by atoms with E-state index in [-0.39, 0.29) is 50.1 Å². The molecule has 6 bridgehead atoms. The van der Waals surface area contributed by atoms with Gasteiger partial charge in [0.25, 0.3) is 0 Å². The molecule has 3 aromatic rings. The Balaban J connectivity index is 1.36. The Morgan fingerprint density at radius 2 is 1.66 bits per heavy atom. The van der Waals surface area contributed by atoms with E-state index in [0.717, 1.165) is 11.1 Å². The summed E-state index contributed by atoms with van der Waals surface area (Å²) in [7, 11) is 3.67. The summed E-state index contributed by atoms with van der Waals surface area (Å²) in [6.45, 7) is 8.10. The number of hydrogen-bond acceptors (Lipinski definition) is 10. The van der Waals surface area contributed by atoms with Gasteiger partial charge in [0.2, 0.25) is 29.5 Å². The van der Waals surface area contributed by atoms with Crippen LogP contribution in [0.3, 0.4) is 0 Å². The standard InChI is InChI=1S/C40H54N10O6/c1-25(2)35(44-36(51)26(3)41-4)40(55)49-23-30-21-34(49)38(53)42-32(19-27-9-7-6-8-10-27)37(52)43-33(39(54)48-17-15-47(5)16-18-48)20-28-11-13-31(14-12-28)56-24-29-22-50(30)46-45-29/h6-14,22,25-26,30,32-35,41H,15-21,23-24H2,1-5H3,(H,42,53)(H,43,52)(H,44,51). The molecule has 4 aliphatic rings. The summed E-state index contributed by atoms with van der Waals surface area (Å²) in [5, 5.41) is 20.4. The molecule has 2 aromatic carbocycles. The van der Waals surface area contributed by atoms with Crippen LogP contribution in [-0.4, -0.2) is 136 Å². The molecule has 16 nitrogen and oxygen atoms in total. The number of rotatable bonds is 8. The Morgan fingerprint density at radius 3 is 2.34 bits per heavy atom. The SMILES string of the molecule is CNC(C)C(=O)NC(C(=O)N1CC2CC1C(=O)NC(Cc1ccccc1)C(=O)NC(C(=O)N1CCN(C)CC1)Cc1ccc(cc1)OCc1cn2nn1)C(C)C. The highest BCUT2D eigenvalue weighted by Crippen LogP contribution is 2.29. The van der Waals surface area contributed by atoms with E-state index in [2.05, 4.69) is 36.5 Å². The fourth-order valence-electron chi connectivity index (χ4n) is 7.32. The van der Waals surface area contributed by atoms with E-state index >= 15 is 0 Å². The Kier molecular flexibility index (Phi) is 13.0. The predicted molar refractivity (Wildman–Crippen MR) is 207 cm³/mol. The van der Waals surface area contributed by atoms with Crippen LogP contribution in [0.2, 0.25) is 0 Å². The quantitative estimate of drug-likeness (QED) is 0.249. The number of piperazine rings is 1. The van der Waals surface area contributed by atoms with Crippen LogP contribution in [0.1, 0.15) is 50.1 Å². The number of amides is 5. The van der Waals surface area contributed by atoms with Crippen LogP contribution in [0.5, 0.6) is 5.75 Å². The van der Waals surface area contributed by atoms with E-state index in [1.165, 1.54) is 4.90 Å². The molecule has 0 radical (unpaired) electrons. The molecule has 2 saturated heterocycles. The van der Waals surface area contributed by atoms with Crippen molar-refractivity contribution >= 4 is 29.5 Å². The second-order valence-electron chi connectivity index (χ2n) is 15.4. The average Bonchev–Trinajstić information content (AvgIpc) is 3.87. The molecule has 2 fully saturated rings. The van der Waals surface area contributed by atoms with Crippen molar-refractivity contribution in [3.63, 3.8) is 0 Å². The third-order valence-corrected chi connectivity index (χ3v) is 10.9. The number of likely N-dealkylation sites (tertiary alicyclic amines) is 1. The van der Waals surface area contributed by atoms with Crippen LogP contribution in [-0.2, 0) is 43.4 Å². The van der Waals surface area contributed by atoms with Gasteiger partial charge < -0.3 is 40.7 Å². The van der Waals surface area contributed by atoms with Crippen molar-refractivity contribution in [3.8, 4) is 5.75 Å². The lowest BCUT2D eigenvalue weighted by Gasteiger charge is -2.35. The number of aromatic nitrogens is 3. The van der Waals surface area contributed by atoms with Gasteiger partial charge in [0.15, 0.2) is 0 Å². The fourth-order valence-corrected chi connectivity index (χ4v) is 7.32. The second kappa shape index (κ2) is 18.1. The van der Waals surface area contributed by atoms with Crippen LogP contribution in [0.25, 0.3) is 0 Å². The first-order valence-corrected chi connectivity index (χ1v) is 19.4. The van der Waals surface area contributed by atoms with Crippen molar-refractivity contribution in [3.05, 3.63) is 77.6 Å². The summed E-state index contributed by atoms with van der Waals surface area (Å²) in [5.74, 6) is -1.73. The molecular weight excluding hydrogens is 717 g/mol. The normalized spacial score (nSPS) is 23.2. The molecule has 0 saturated carbocycles. The second-order valence-corrected chi connectivity index (χ2v) is 15.4. The third-order valence-electron chi connectivity index (χ3n) is 10.9. The van der Waals surface area contributed by atoms with Gasteiger partial charge in [-0.2, -0.15) is 0 Å². The van der Waals surface area contributed by atoms with Crippen molar-refractivity contribution < 1.29 is 28.7 Å². The van der Waals surface area contributed by atoms with Gasteiger partial charge in [-0.3, -0.25) is 24.0 Å². The molecule has 6 unspecified atom stereocenters. The summed E-state index contributed by atoms with van der Waals surface area (Å²) in [6, 6.07) is 11.8. The monoisotopic (exact) mass is 770 g/mol. The maximum atomic E-state index is 14.5. The molecule has 7 rings (SSSR count). The van der Waals surface area contributed by atoms with Gasteiger partial charge in [0.05, 0.1) is 18.3 Å². The number of carbonyl (C=O) groups excluding carboxylic acids is 5. The zero-order valence-electron chi connectivity index (χ0n) is 32.8. The summed E-state index contributed by atoms with van der Waals surface area (Å²) in [6.07, 6.45) is 2.28. The predicted octanol–water partition coefficient (Wildman–Crippen LogP) is 0.290. The molecule has 6 atom stereocenters. The van der Waals surface area contributed by atoms with Crippen molar-refractivity contribution in [1.82, 2.24) is 51.0 Å². The number of hydrogen-bond donors (Lipinski definition) is 4. The third kappa shape index (κ3) is 9.71. The number of likely N-dealkylation sites (N-methyl/N-ethyl adjacent to an activating group) is 2. The first-order chi connectivity index (χ1) is 26.9. The van der Waals surface area contributed by atoms with Gasteiger partial charge in [0.1, 0.15) is 42.2 Å². The molecule has 0 aliphatic carbocycles. The first kappa shape index (κ1) is 40.3. The topological polar surface area (TPSA) is 183 Å². The molecular formula is C40H54N10O6. The number of fused-ring (bicyclic) bond motifs is 9. The maximum absolute atomic E-state index is 14.5. The Morgan fingerprint density at radius 1 is 0.946 bits per heavy atom. The molecule has 4 aliphatic heterocycles. The minimum atomic E-state index is -1.09. The van der Waals surface area contributed by atoms with Gasteiger partial charge in [-0.05, 0) is 50.2 Å². The molecule has 16 heteroatoms. The number of nitrogens with one attached hydrogen (secondary N) is 4. The molecule has 56 heavy (non-hydrogen) atoms. The van der Waals surface area contributed by atoms with Crippen molar-refractivity contribution in [2.24, 2.45) is 5.92 Å². The van der Waals surface area contributed by atoms with Gasteiger partial charge >= 0.3 is 0 Å². The summed E-state index contributed by atoms with van der Waals surface area (Å²) < 4.78 is 7.67. The highest BCUT2D eigenvalue weighted by molar-refractivity contribution is 5.96. The lowest BCUT2D eigenvalue weighted by Crippen LogP contribution is -2.60. The average molecular weight is 771 g/mol. The molecule has 0 spiro atoms. The Bertz CT molecular complexity index is 1840. The smallest absolute Gasteiger partial charge is 0.246 e. The largest absolute Gasteiger partial charge is 0.487 e. The molecule has 5 amide bonds. The van der Waals surface area contributed by atoms with Gasteiger partial charge in [-0.15, -0.1) is 5.10 Å². The zero-order chi connectivity index (χ0) is 39.9. The van der Waals surface area contributed by atoms with Crippen molar-refractivity contribution in [1.29, 1.82) is 0 Å². The molecule has 300 valence electrons. The van der Waals surface area contributed by atoms with E-state index < -0.39 is 54.0 Å². The van der Waals surface area contributed by atoms with Crippen molar-refractivity contribution in [2.75, 3.05) is 46.8 Å². The lowest BCUT2D eigenvalue weighted by atomic mass is 10.0. The minimum Gasteiger partial charge on any atom is -0.487 e. The maximum Gasteiger partial charge on any atom is 0.246 e. The number of nitrogens with zero attached hydrogens (tertiary/aromatic N) is 6. The lowest BCUT2D eigenvalue weighted by molar-refractivity contribution is -0.143. The number of benzene rings is 2. The van der Waals surface area contributed by atoms with Crippen LogP contribution < -0.4 is 26.0 Å². The molecule has 5 heterocycles. The van der Waals surface area contributed by atoms with Crippen LogP contribution in [0.15, 0.2) is 60.8 Å². The van der Waals surface area contributed by atoms with E-state index in [4.69, 9.17) is 4.74 Å². The highest BCUT2D eigenvalue weighted by atomic mass is 16.5. The number of carbonyl (C=O) groups is 5. The van der Waals surface area contributed by atoms with Crippen LogP contribution in [0.4, 0.5) is 0 Å². The van der Waals surface area contributed by atoms with Gasteiger partial charge in [0, 0.05) is 52.0 Å². The molecule has 4 N–H and O–H groups in total. The zero-order valence-corrected chi connectivity index (χ0v) is 32.8. The van der Waals surface area contributed by atoms with E-state index in [9.17, 15) is 24.0 Å². The minimum absolute atomic E-state index is 0.111. The van der Waals surface area contributed by atoms with E-state index in [1.807, 2.05) is 75.5 Å². The van der Waals surface area contributed by atoms with Crippen LogP contribution in [0, 0.1) is 5.92 Å². The summed E-state index contributed by atoms with van der Waals surface area (Å²) >= 11 is 0. The fraction of sp³-hybridized carbons (Fsp3) is 0.525. The van der Waals surface area contributed by atoms with Gasteiger partial charge in [-0.1, -0.05) is 61.5 Å². The highest BCUT2D eigenvalue weighted by Gasteiger charge is 2.45. The van der Waals surface area contributed by atoms with Crippen molar-refractivity contribution in [2.45, 2.75) is 82.9 Å². The number of ether oxygens (including phenoxy) is 1. The first-order valence-electron chi connectivity index (χ1n) is 19.4. The molecule has 1 aromatic heterocycles. The van der Waals surface area contributed by atoms with Crippen LogP contribution >= 0.6 is 0 Å².